The van der Waals surface area contributed by atoms with Gasteiger partial charge in [0.05, 0.1) is 33.8 Å². The molecular formula is C65H128N2O7P+. The van der Waals surface area contributed by atoms with Crippen molar-refractivity contribution in [1.82, 2.24) is 5.32 Å². The topological polar surface area (TPSA) is 111 Å². The maximum absolute atomic E-state index is 13.5. The lowest BCUT2D eigenvalue weighted by atomic mass is 10.0. The lowest BCUT2D eigenvalue weighted by Gasteiger charge is -2.27. The van der Waals surface area contributed by atoms with Gasteiger partial charge < -0.3 is 19.4 Å². The number of carbonyl (C=O) groups excluding carboxylic acids is 2. The summed E-state index contributed by atoms with van der Waals surface area (Å²) >= 11 is 0. The van der Waals surface area contributed by atoms with Crippen LogP contribution in [0.1, 0.15) is 329 Å². The van der Waals surface area contributed by atoms with Crippen molar-refractivity contribution in [3.8, 4) is 0 Å². The van der Waals surface area contributed by atoms with Crippen molar-refractivity contribution in [3.63, 3.8) is 0 Å². The molecule has 2 N–H and O–H groups in total. The van der Waals surface area contributed by atoms with E-state index in [1.807, 2.05) is 33.3 Å². The summed E-state index contributed by atoms with van der Waals surface area (Å²) in [6, 6.07) is -0.850. The zero-order valence-corrected chi connectivity index (χ0v) is 51.7. The van der Waals surface area contributed by atoms with Gasteiger partial charge in [-0.15, -0.1) is 0 Å². The number of ether oxygens (including phenoxy) is 1. The Balaban J connectivity index is 5.12. The number of hydrogen-bond donors (Lipinski definition) is 2. The molecule has 444 valence electrons. The van der Waals surface area contributed by atoms with Crippen molar-refractivity contribution < 1.29 is 37.3 Å². The second-order valence-electron chi connectivity index (χ2n) is 23.6. The van der Waals surface area contributed by atoms with E-state index in [0.717, 1.165) is 70.6 Å². The van der Waals surface area contributed by atoms with Crippen LogP contribution in [0.3, 0.4) is 0 Å². The SMILES string of the molecule is CCCCCCCC/C=C\CCCCCC(=O)NC(COP(=O)(O)OCC[N+](C)(C)C)C(/C=C\CCCCCCCCCCCCC)OC(=O)CCCCCCCCCCCCCCCCCCCCCCCCC. The van der Waals surface area contributed by atoms with Gasteiger partial charge in [-0.2, -0.15) is 0 Å². The Hall–Kier alpha value is -1.51. The van der Waals surface area contributed by atoms with Gasteiger partial charge in [-0.05, 0) is 57.4 Å². The van der Waals surface area contributed by atoms with Crippen LogP contribution >= 0.6 is 7.82 Å². The zero-order valence-electron chi connectivity index (χ0n) is 50.8. The Kier molecular flexibility index (Phi) is 54.7. The predicted octanol–water partition coefficient (Wildman–Crippen LogP) is 20.1. The van der Waals surface area contributed by atoms with Gasteiger partial charge in [-0.1, -0.05) is 283 Å². The number of nitrogens with one attached hydrogen (secondary N) is 1. The van der Waals surface area contributed by atoms with E-state index in [2.05, 4.69) is 38.2 Å². The Bertz CT molecular complexity index is 1340. The van der Waals surface area contributed by atoms with Gasteiger partial charge in [-0.3, -0.25) is 18.6 Å². The molecule has 3 unspecified atom stereocenters. The van der Waals surface area contributed by atoms with Crippen molar-refractivity contribution in [2.75, 3.05) is 40.9 Å². The van der Waals surface area contributed by atoms with Gasteiger partial charge in [0, 0.05) is 12.8 Å². The standard InChI is InChI=1S/C65H127N2O7P/c1-7-10-13-16-19-22-25-28-29-30-31-32-33-34-35-36-37-40-43-46-49-52-55-58-65(69)74-63(56-53-50-47-44-41-38-26-23-20-17-14-11-8-2)62(61-73-75(70,71)72-60-59-67(4,5)6)66-64(68)57-54-51-48-45-42-39-27-24-21-18-15-12-9-3/h39,42,53,56,62-63H,7-38,40-41,43-52,54-55,57-61H2,1-6H3,(H-,66,68,70,71)/p+1/b42-39-,56-53-. The summed E-state index contributed by atoms with van der Waals surface area (Å²) in [5.41, 5.74) is 0. The fourth-order valence-electron chi connectivity index (χ4n) is 9.82. The first-order valence-electron chi connectivity index (χ1n) is 32.7. The van der Waals surface area contributed by atoms with Crippen LogP contribution in [0.15, 0.2) is 24.3 Å². The Labute approximate surface area is 466 Å². The number of allylic oxidation sites excluding steroid dienone is 3. The highest BCUT2D eigenvalue weighted by atomic mass is 31.2. The maximum atomic E-state index is 13.5. The summed E-state index contributed by atoms with van der Waals surface area (Å²) in [5, 5.41) is 3.05. The third-order valence-electron chi connectivity index (χ3n) is 14.9. The van der Waals surface area contributed by atoms with Crippen LogP contribution in [-0.2, 0) is 27.9 Å². The van der Waals surface area contributed by atoms with Crippen LogP contribution in [0, 0.1) is 0 Å². The molecule has 9 nitrogen and oxygen atoms in total. The van der Waals surface area contributed by atoms with E-state index >= 15 is 0 Å². The van der Waals surface area contributed by atoms with Crippen molar-refractivity contribution >= 4 is 19.7 Å². The van der Waals surface area contributed by atoms with Crippen LogP contribution in [-0.4, -0.2) is 74.3 Å². The summed E-state index contributed by atoms with van der Waals surface area (Å²) < 4.78 is 30.7. The monoisotopic (exact) mass is 1080 g/mol. The van der Waals surface area contributed by atoms with Crippen molar-refractivity contribution in [1.29, 1.82) is 0 Å². The van der Waals surface area contributed by atoms with E-state index in [4.69, 9.17) is 13.8 Å². The molecule has 0 aliphatic rings. The van der Waals surface area contributed by atoms with Gasteiger partial charge >= 0.3 is 13.8 Å². The molecule has 0 saturated heterocycles. The number of nitrogens with zero attached hydrogens (tertiary/aromatic N) is 1. The normalized spacial score (nSPS) is 13.7. The van der Waals surface area contributed by atoms with E-state index in [1.54, 1.807) is 0 Å². The van der Waals surface area contributed by atoms with E-state index in [-0.39, 0.29) is 25.1 Å². The highest BCUT2D eigenvalue weighted by molar-refractivity contribution is 7.47. The molecular weight excluding hydrogens is 952 g/mol. The molecule has 0 radical (unpaired) electrons. The fraction of sp³-hybridized carbons (Fsp3) is 0.908. The molecule has 0 rings (SSSR count). The van der Waals surface area contributed by atoms with E-state index in [0.29, 0.717) is 23.9 Å². The molecule has 1 amide bonds. The summed E-state index contributed by atoms with van der Waals surface area (Å²) in [7, 11) is 1.50. The molecule has 0 saturated carbocycles. The van der Waals surface area contributed by atoms with Crippen molar-refractivity contribution in [2.45, 2.75) is 341 Å². The number of quaternary nitrogens is 1. The van der Waals surface area contributed by atoms with Crippen LogP contribution in [0.4, 0.5) is 0 Å². The van der Waals surface area contributed by atoms with E-state index in [9.17, 15) is 19.0 Å². The second-order valence-corrected chi connectivity index (χ2v) is 25.1. The van der Waals surface area contributed by atoms with Gasteiger partial charge in [0.2, 0.25) is 5.91 Å². The van der Waals surface area contributed by atoms with Crippen molar-refractivity contribution in [2.24, 2.45) is 0 Å². The van der Waals surface area contributed by atoms with Gasteiger partial charge in [0.1, 0.15) is 19.3 Å². The number of phosphoric acid groups is 1. The fourth-order valence-corrected chi connectivity index (χ4v) is 10.6. The molecule has 0 spiro atoms. The molecule has 0 aromatic rings. The first-order valence-corrected chi connectivity index (χ1v) is 34.2. The lowest BCUT2D eigenvalue weighted by molar-refractivity contribution is -0.870. The molecule has 75 heavy (non-hydrogen) atoms. The number of unbranched alkanes of at least 4 members (excludes halogenated alkanes) is 42. The molecule has 0 aromatic carbocycles. The first-order chi connectivity index (χ1) is 36.4. The Morgan fingerprint density at radius 2 is 0.773 bits per heavy atom. The Morgan fingerprint density at radius 3 is 1.15 bits per heavy atom. The van der Waals surface area contributed by atoms with Gasteiger partial charge in [-0.25, -0.2) is 4.57 Å². The quantitative estimate of drug-likeness (QED) is 0.0205. The van der Waals surface area contributed by atoms with E-state index < -0.39 is 20.0 Å². The third-order valence-corrected chi connectivity index (χ3v) is 15.9. The third kappa shape index (κ3) is 57.0. The minimum Gasteiger partial charge on any atom is -0.456 e. The van der Waals surface area contributed by atoms with Crippen molar-refractivity contribution in [3.05, 3.63) is 24.3 Å². The number of amides is 1. The van der Waals surface area contributed by atoms with Crippen LogP contribution in [0.25, 0.3) is 0 Å². The molecule has 0 fully saturated rings. The first kappa shape index (κ1) is 73.5. The minimum absolute atomic E-state index is 0.0411. The number of rotatable bonds is 60. The summed E-state index contributed by atoms with van der Waals surface area (Å²) in [4.78, 5) is 37.7. The smallest absolute Gasteiger partial charge is 0.456 e. The molecule has 10 heteroatoms. The number of hydrogen-bond acceptors (Lipinski definition) is 6. The number of esters is 1. The average Bonchev–Trinajstić information content (AvgIpc) is 3.37. The number of carbonyl (C=O) groups is 2. The predicted molar refractivity (Wildman–Crippen MR) is 323 cm³/mol. The highest BCUT2D eigenvalue weighted by Crippen LogP contribution is 2.43. The Morgan fingerprint density at radius 1 is 0.453 bits per heavy atom. The second kappa shape index (κ2) is 55.8. The summed E-state index contributed by atoms with van der Waals surface area (Å²) in [6.45, 7) is 7.04. The lowest BCUT2D eigenvalue weighted by Crippen LogP contribution is -2.47. The zero-order chi connectivity index (χ0) is 55.0. The van der Waals surface area contributed by atoms with Crippen LogP contribution in [0.2, 0.25) is 0 Å². The molecule has 0 aliphatic heterocycles. The number of phosphoric ester groups is 1. The molecule has 0 bridgehead atoms. The molecule has 0 heterocycles. The van der Waals surface area contributed by atoms with Crippen LogP contribution in [0.5, 0.6) is 0 Å². The minimum atomic E-state index is -4.45. The highest BCUT2D eigenvalue weighted by Gasteiger charge is 2.30. The summed E-state index contributed by atoms with van der Waals surface area (Å²) in [6.07, 6.45) is 66.1. The average molecular weight is 1080 g/mol. The number of likely N-dealkylation sites (N-methyl/N-ethyl adjacent to an activating group) is 1. The largest absolute Gasteiger partial charge is 0.472 e. The molecule has 3 atom stereocenters. The summed E-state index contributed by atoms with van der Waals surface area (Å²) in [5.74, 6) is -0.506. The maximum Gasteiger partial charge on any atom is 0.472 e. The molecule has 0 aromatic heterocycles. The van der Waals surface area contributed by atoms with Gasteiger partial charge in [0.25, 0.3) is 0 Å². The molecule has 0 aliphatic carbocycles. The van der Waals surface area contributed by atoms with Crippen LogP contribution < -0.4 is 5.32 Å². The van der Waals surface area contributed by atoms with E-state index in [1.165, 1.54) is 225 Å². The van der Waals surface area contributed by atoms with Gasteiger partial charge in [0.15, 0.2) is 0 Å².